The molecule has 0 bridgehead atoms. The van der Waals surface area contributed by atoms with Crippen LogP contribution in [-0.2, 0) is 28.5 Å². The van der Waals surface area contributed by atoms with Crippen molar-refractivity contribution in [2.45, 2.75) is 146 Å². The molecule has 0 aromatic carbocycles. The van der Waals surface area contributed by atoms with Crippen LogP contribution in [-0.4, -0.2) is 60.8 Å². The zero-order valence-electron chi connectivity index (χ0n) is 23.5. The number of carbonyl (C=O) groups is 1. The second-order valence-electron chi connectivity index (χ2n) is 12.5. The molecule has 0 radical (unpaired) electrons. The van der Waals surface area contributed by atoms with E-state index in [-0.39, 0.29) is 18.1 Å². The minimum absolute atomic E-state index is 0.0183. The van der Waals surface area contributed by atoms with E-state index in [9.17, 15) is 9.90 Å². The maximum absolute atomic E-state index is 13.3. The van der Waals surface area contributed by atoms with Crippen molar-refractivity contribution in [1.29, 1.82) is 0 Å². The molecule has 3 saturated heterocycles. The first-order valence-electron chi connectivity index (χ1n) is 15.6. The fraction of sp³-hybridized carbons (Fsp3) is 0.903. The monoisotopic (exact) mass is 534 g/mol. The van der Waals surface area contributed by atoms with Crippen molar-refractivity contribution in [3.8, 4) is 0 Å². The first-order chi connectivity index (χ1) is 18.5. The van der Waals surface area contributed by atoms with E-state index in [1.54, 1.807) is 0 Å². The normalized spacial score (nSPS) is 36.7. The molecule has 1 N–H and O–H groups in total. The van der Waals surface area contributed by atoms with Gasteiger partial charge < -0.3 is 28.8 Å². The van der Waals surface area contributed by atoms with Gasteiger partial charge in [0.2, 0.25) is 0 Å². The van der Waals surface area contributed by atoms with Gasteiger partial charge in [-0.1, -0.05) is 44.8 Å². The molecule has 0 aromatic heterocycles. The van der Waals surface area contributed by atoms with Crippen molar-refractivity contribution in [3.05, 3.63) is 12.2 Å². The number of hydrogen-bond acceptors (Lipinski definition) is 6. The van der Waals surface area contributed by atoms with Crippen LogP contribution in [0.1, 0.15) is 110 Å². The summed E-state index contributed by atoms with van der Waals surface area (Å²) in [7, 11) is 0. The number of carboxylic acids is 1. The molecule has 38 heavy (non-hydrogen) atoms. The van der Waals surface area contributed by atoms with E-state index in [0.29, 0.717) is 31.5 Å². The molecule has 7 heteroatoms. The van der Waals surface area contributed by atoms with Crippen molar-refractivity contribution in [2.75, 3.05) is 13.2 Å². The van der Waals surface area contributed by atoms with E-state index in [2.05, 4.69) is 13.5 Å². The highest BCUT2D eigenvalue weighted by Gasteiger charge is 2.59. The van der Waals surface area contributed by atoms with Crippen LogP contribution in [0.4, 0.5) is 0 Å². The highest BCUT2D eigenvalue weighted by molar-refractivity contribution is 5.79. The molecular formula is C31H50O7. The van der Waals surface area contributed by atoms with Crippen LogP contribution in [0.15, 0.2) is 12.2 Å². The van der Waals surface area contributed by atoms with Gasteiger partial charge in [-0.2, -0.15) is 0 Å². The van der Waals surface area contributed by atoms with Crippen molar-refractivity contribution < 1.29 is 33.6 Å². The number of rotatable bonds is 13. The Balaban J connectivity index is 1.36. The standard InChI is InChI=1S/C31H50O7/c1-3-10-22-16-15-21(2)24(22)19-25-26(36-25)20-27(37-28-13-6-8-17-34-28)31(30(32)33,23-11-4-5-12-23)38-29-14-7-9-18-35-29/h22-29H,2-20H2,1H3,(H,32,33)/t22-,24-,25-,26?,27?,28?,29?,31?/m0/s1. The van der Waals surface area contributed by atoms with Gasteiger partial charge in [-0.3, -0.25) is 0 Å². The maximum atomic E-state index is 13.3. The van der Waals surface area contributed by atoms with Crippen molar-refractivity contribution in [1.82, 2.24) is 0 Å². The van der Waals surface area contributed by atoms with E-state index < -0.39 is 30.3 Å². The molecule has 0 amide bonds. The molecule has 5 unspecified atom stereocenters. The Morgan fingerprint density at radius 1 is 1.00 bits per heavy atom. The summed E-state index contributed by atoms with van der Waals surface area (Å²) in [6.45, 7) is 7.90. The lowest BCUT2D eigenvalue weighted by molar-refractivity contribution is -0.295. The molecule has 3 aliphatic heterocycles. The molecule has 216 valence electrons. The van der Waals surface area contributed by atoms with Crippen LogP contribution >= 0.6 is 0 Å². The van der Waals surface area contributed by atoms with Gasteiger partial charge in [0.1, 0.15) is 6.10 Å². The zero-order valence-corrected chi connectivity index (χ0v) is 23.5. The van der Waals surface area contributed by atoms with Crippen LogP contribution in [0.25, 0.3) is 0 Å². The second-order valence-corrected chi connectivity index (χ2v) is 12.5. The van der Waals surface area contributed by atoms with E-state index in [4.69, 9.17) is 23.7 Å². The third kappa shape index (κ3) is 6.49. The molecule has 0 aromatic rings. The van der Waals surface area contributed by atoms with E-state index in [1.165, 1.54) is 24.8 Å². The topological polar surface area (TPSA) is 86.8 Å². The summed E-state index contributed by atoms with van der Waals surface area (Å²) < 4.78 is 31.4. The number of allylic oxidation sites excluding steroid dienone is 1. The van der Waals surface area contributed by atoms with Gasteiger partial charge in [0.15, 0.2) is 18.2 Å². The largest absolute Gasteiger partial charge is 0.479 e. The Morgan fingerprint density at radius 2 is 1.68 bits per heavy atom. The van der Waals surface area contributed by atoms with Gasteiger partial charge >= 0.3 is 5.97 Å². The summed E-state index contributed by atoms with van der Waals surface area (Å²) in [5.74, 6) is 0.170. The zero-order chi connectivity index (χ0) is 26.5. The fourth-order valence-electron chi connectivity index (χ4n) is 7.73. The minimum Gasteiger partial charge on any atom is -0.479 e. The summed E-state index contributed by atoms with van der Waals surface area (Å²) in [6, 6.07) is 0. The lowest BCUT2D eigenvalue weighted by Gasteiger charge is -2.44. The quantitative estimate of drug-likeness (QED) is 0.217. The van der Waals surface area contributed by atoms with Gasteiger partial charge in [-0.05, 0) is 82.5 Å². The van der Waals surface area contributed by atoms with Crippen LogP contribution in [0.3, 0.4) is 0 Å². The first kappa shape index (κ1) is 28.5. The average Bonchev–Trinajstić information content (AvgIpc) is 3.25. The summed E-state index contributed by atoms with van der Waals surface area (Å²) in [5.41, 5.74) is -0.0953. The SMILES string of the molecule is C=C1CC[C@H](CCC)[C@H]1C[C@@H]1OC1CC(OC1CCCCO1)C(OC1CCCCO1)(C(=O)O)C1CCCC1. The Hall–Kier alpha value is -0.990. The van der Waals surface area contributed by atoms with Crippen molar-refractivity contribution in [3.63, 3.8) is 0 Å². The van der Waals surface area contributed by atoms with Crippen LogP contribution in [0.5, 0.6) is 0 Å². The van der Waals surface area contributed by atoms with Gasteiger partial charge in [0.25, 0.3) is 0 Å². The molecular weight excluding hydrogens is 484 g/mol. The second kappa shape index (κ2) is 13.1. The Kier molecular flexibility index (Phi) is 9.85. The van der Waals surface area contributed by atoms with Gasteiger partial charge in [0.05, 0.1) is 12.2 Å². The molecule has 2 aliphatic carbocycles. The summed E-state index contributed by atoms with van der Waals surface area (Å²) in [4.78, 5) is 13.3. The van der Waals surface area contributed by atoms with Gasteiger partial charge in [-0.25, -0.2) is 4.79 Å². The minimum atomic E-state index is -1.46. The number of aliphatic carboxylic acids is 1. The molecule has 3 heterocycles. The van der Waals surface area contributed by atoms with Crippen LogP contribution in [0.2, 0.25) is 0 Å². The lowest BCUT2D eigenvalue weighted by atomic mass is 9.78. The molecule has 5 aliphatic rings. The van der Waals surface area contributed by atoms with E-state index in [0.717, 1.165) is 77.0 Å². The molecule has 2 saturated carbocycles. The number of hydrogen-bond donors (Lipinski definition) is 1. The maximum Gasteiger partial charge on any atom is 0.339 e. The van der Waals surface area contributed by atoms with Gasteiger partial charge in [-0.15, -0.1) is 0 Å². The Labute approximate surface area is 228 Å². The predicted molar refractivity (Wildman–Crippen MR) is 144 cm³/mol. The number of ether oxygens (including phenoxy) is 5. The molecule has 5 rings (SSSR count). The first-order valence-corrected chi connectivity index (χ1v) is 15.6. The Morgan fingerprint density at radius 3 is 2.32 bits per heavy atom. The van der Waals surface area contributed by atoms with Crippen molar-refractivity contribution >= 4 is 5.97 Å². The van der Waals surface area contributed by atoms with Gasteiger partial charge in [0, 0.05) is 25.6 Å². The predicted octanol–water partition coefficient (Wildman–Crippen LogP) is 6.39. The smallest absolute Gasteiger partial charge is 0.339 e. The van der Waals surface area contributed by atoms with E-state index >= 15 is 0 Å². The molecule has 7 nitrogen and oxygen atoms in total. The highest BCUT2D eigenvalue weighted by atomic mass is 16.7. The Bertz CT molecular complexity index is 783. The third-order valence-corrected chi connectivity index (χ3v) is 9.90. The van der Waals surface area contributed by atoms with Crippen molar-refractivity contribution in [2.24, 2.45) is 17.8 Å². The van der Waals surface area contributed by atoms with Crippen LogP contribution in [0, 0.1) is 17.8 Å². The molecule has 5 fully saturated rings. The number of carboxylic acid groups (broad SMARTS) is 1. The van der Waals surface area contributed by atoms with Crippen LogP contribution < -0.4 is 0 Å². The average molecular weight is 535 g/mol. The summed E-state index contributed by atoms with van der Waals surface area (Å²) in [5, 5.41) is 10.9. The number of epoxide rings is 1. The van der Waals surface area contributed by atoms with E-state index in [1.807, 2.05) is 0 Å². The lowest BCUT2D eigenvalue weighted by Crippen LogP contribution is -2.60. The third-order valence-electron chi connectivity index (χ3n) is 9.90. The highest BCUT2D eigenvalue weighted by Crippen LogP contribution is 2.48. The summed E-state index contributed by atoms with van der Waals surface area (Å²) in [6.07, 6.45) is 14.1. The fourth-order valence-corrected chi connectivity index (χ4v) is 7.73. The molecule has 0 spiro atoms. The molecule has 8 atom stereocenters. The summed E-state index contributed by atoms with van der Waals surface area (Å²) >= 11 is 0.